The lowest BCUT2D eigenvalue weighted by Gasteiger charge is -2.07. The summed E-state index contributed by atoms with van der Waals surface area (Å²) in [5, 5.41) is 2.57. The highest BCUT2D eigenvalue weighted by molar-refractivity contribution is 9.10. The molecule has 1 unspecified atom stereocenters. The SMILES string of the molecule is CCc1ccc(C(=O)NCC(Br)C(=O)OC)o1. The molecule has 1 amide bonds. The fourth-order valence-electron chi connectivity index (χ4n) is 1.17. The van der Waals surface area contributed by atoms with E-state index >= 15 is 0 Å². The Hall–Kier alpha value is -1.30. The van der Waals surface area contributed by atoms with Crippen molar-refractivity contribution >= 4 is 27.8 Å². The summed E-state index contributed by atoms with van der Waals surface area (Å²) in [6.07, 6.45) is 0.733. The van der Waals surface area contributed by atoms with E-state index in [2.05, 4.69) is 26.0 Å². The van der Waals surface area contributed by atoms with Crippen molar-refractivity contribution in [3.8, 4) is 0 Å². The smallest absolute Gasteiger partial charge is 0.321 e. The predicted molar refractivity (Wildman–Crippen MR) is 65.2 cm³/mol. The first-order chi connectivity index (χ1) is 8.08. The second-order valence-corrected chi connectivity index (χ2v) is 4.43. The molecule has 0 saturated heterocycles. The molecule has 0 spiro atoms. The van der Waals surface area contributed by atoms with Gasteiger partial charge in [0, 0.05) is 13.0 Å². The summed E-state index contributed by atoms with van der Waals surface area (Å²) >= 11 is 3.10. The van der Waals surface area contributed by atoms with Gasteiger partial charge in [-0.05, 0) is 12.1 Å². The van der Waals surface area contributed by atoms with Crippen molar-refractivity contribution in [2.24, 2.45) is 0 Å². The van der Waals surface area contributed by atoms with E-state index in [1.807, 2.05) is 6.92 Å². The van der Waals surface area contributed by atoms with Crippen molar-refractivity contribution in [2.75, 3.05) is 13.7 Å². The zero-order chi connectivity index (χ0) is 12.8. The third-order valence-electron chi connectivity index (χ3n) is 2.13. The third-order valence-corrected chi connectivity index (χ3v) is 2.83. The van der Waals surface area contributed by atoms with Crippen LogP contribution in [-0.4, -0.2) is 30.4 Å². The first-order valence-electron chi connectivity index (χ1n) is 5.17. The standard InChI is InChI=1S/C11H14BrNO4/c1-3-7-4-5-9(17-7)10(14)13-6-8(12)11(15)16-2/h4-5,8H,3,6H2,1-2H3,(H,13,14). The van der Waals surface area contributed by atoms with E-state index in [1.165, 1.54) is 7.11 Å². The molecule has 0 fully saturated rings. The van der Waals surface area contributed by atoms with E-state index in [0.717, 1.165) is 12.2 Å². The van der Waals surface area contributed by atoms with Crippen LogP contribution in [0.25, 0.3) is 0 Å². The number of halogens is 1. The molecule has 0 bridgehead atoms. The Balaban J connectivity index is 2.47. The number of hydrogen-bond acceptors (Lipinski definition) is 4. The Morgan fingerprint density at radius 2 is 2.24 bits per heavy atom. The lowest BCUT2D eigenvalue weighted by molar-refractivity contribution is -0.139. The van der Waals surface area contributed by atoms with Crippen molar-refractivity contribution in [2.45, 2.75) is 18.2 Å². The maximum Gasteiger partial charge on any atom is 0.321 e. The van der Waals surface area contributed by atoms with E-state index in [1.54, 1.807) is 12.1 Å². The van der Waals surface area contributed by atoms with Crippen LogP contribution in [0.4, 0.5) is 0 Å². The minimum atomic E-state index is -0.558. The van der Waals surface area contributed by atoms with Crippen LogP contribution < -0.4 is 5.32 Å². The van der Waals surface area contributed by atoms with Crippen LogP contribution in [0.15, 0.2) is 16.5 Å². The van der Waals surface area contributed by atoms with Gasteiger partial charge in [0.25, 0.3) is 5.91 Å². The average Bonchev–Trinajstić information content (AvgIpc) is 2.83. The van der Waals surface area contributed by atoms with Crippen molar-refractivity contribution in [1.82, 2.24) is 5.32 Å². The Labute approximate surface area is 108 Å². The minimum absolute atomic E-state index is 0.146. The Morgan fingerprint density at radius 1 is 1.53 bits per heavy atom. The van der Waals surface area contributed by atoms with Gasteiger partial charge in [0.05, 0.1) is 7.11 Å². The van der Waals surface area contributed by atoms with Crippen LogP contribution in [0, 0.1) is 0 Å². The van der Waals surface area contributed by atoms with Crippen LogP contribution in [0.2, 0.25) is 0 Å². The van der Waals surface area contributed by atoms with Gasteiger partial charge in [-0.2, -0.15) is 0 Å². The van der Waals surface area contributed by atoms with Crippen LogP contribution in [0.5, 0.6) is 0 Å². The van der Waals surface area contributed by atoms with Gasteiger partial charge in [-0.25, -0.2) is 0 Å². The number of hydrogen-bond donors (Lipinski definition) is 1. The molecular formula is C11H14BrNO4. The van der Waals surface area contributed by atoms with E-state index in [-0.39, 0.29) is 18.2 Å². The monoisotopic (exact) mass is 303 g/mol. The molecule has 0 saturated carbocycles. The Bertz CT molecular complexity index is 402. The molecule has 1 aromatic rings. The van der Waals surface area contributed by atoms with Gasteiger partial charge in [-0.1, -0.05) is 22.9 Å². The second kappa shape index (κ2) is 6.44. The molecule has 1 atom stereocenters. The van der Waals surface area contributed by atoms with Crippen LogP contribution >= 0.6 is 15.9 Å². The Morgan fingerprint density at radius 3 is 2.76 bits per heavy atom. The van der Waals surface area contributed by atoms with E-state index in [4.69, 9.17) is 4.42 Å². The number of aryl methyl sites for hydroxylation is 1. The third kappa shape index (κ3) is 3.89. The van der Waals surface area contributed by atoms with E-state index in [0.29, 0.717) is 0 Å². The second-order valence-electron chi connectivity index (χ2n) is 3.32. The summed E-state index contributed by atoms with van der Waals surface area (Å²) < 4.78 is 9.78. The number of amides is 1. The lowest BCUT2D eigenvalue weighted by atomic mass is 10.3. The summed E-state index contributed by atoms with van der Waals surface area (Å²) in [5.41, 5.74) is 0. The molecule has 5 nitrogen and oxygen atoms in total. The largest absolute Gasteiger partial charge is 0.468 e. The number of nitrogens with one attached hydrogen (secondary N) is 1. The topological polar surface area (TPSA) is 68.5 Å². The van der Waals surface area contributed by atoms with Crippen molar-refractivity contribution in [3.63, 3.8) is 0 Å². The number of ether oxygens (including phenoxy) is 1. The fourth-order valence-corrected chi connectivity index (χ4v) is 1.52. The van der Waals surface area contributed by atoms with Crippen LogP contribution in [0.1, 0.15) is 23.2 Å². The summed E-state index contributed by atoms with van der Waals surface area (Å²) in [6.45, 7) is 2.08. The van der Waals surface area contributed by atoms with E-state index < -0.39 is 10.8 Å². The number of rotatable bonds is 5. The van der Waals surface area contributed by atoms with E-state index in [9.17, 15) is 9.59 Å². The summed E-state index contributed by atoms with van der Waals surface area (Å²) in [5.74, 6) is 0.210. The number of alkyl halides is 1. The van der Waals surface area contributed by atoms with Gasteiger partial charge in [0.1, 0.15) is 10.6 Å². The molecule has 0 aliphatic carbocycles. The normalized spacial score (nSPS) is 11.9. The summed E-state index contributed by atoms with van der Waals surface area (Å²) in [6, 6.07) is 3.36. The van der Waals surface area contributed by atoms with Gasteiger partial charge >= 0.3 is 5.97 Å². The molecule has 1 heterocycles. The highest BCUT2D eigenvalue weighted by atomic mass is 79.9. The number of carbonyl (C=O) groups is 2. The molecule has 6 heteroatoms. The number of carbonyl (C=O) groups excluding carboxylic acids is 2. The number of methoxy groups -OCH3 is 1. The highest BCUT2D eigenvalue weighted by Gasteiger charge is 2.17. The highest BCUT2D eigenvalue weighted by Crippen LogP contribution is 2.08. The fraction of sp³-hybridized carbons (Fsp3) is 0.455. The number of furan rings is 1. The van der Waals surface area contributed by atoms with Crippen molar-refractivity contribution in [3.05, 3.63) is 23.7 Å². The molecule has 0 aliphatic rings. The predicted octanol–water partition coefficient (Wildman–Crippen LogP) is 1.51. The molecule has 0 radical (unpaired) electrons. The molecule has 1 N–H and O–H groups in total. The van der Waals surface area contributed by atoms with Crippen molar-refractivity contribution < 1.29 is 18.7 Å². The molecule has 0 aromatic carbocycles. The average molecular weight is 304 g/mol. The number of esters is 1. The first kappa shape index (κ1) is 13.8. The van der Waals surface area contributed by atoms with Gasteiger partial charge in [-0.3, -0.25) is 9.59 Å². The van der Waals surface area contributed by atoms with Gasteiger partial charge in [0.15, 0.2) is 5.76 Å². The lowest BCUT2D eigenvalue weighted by Crippen LogP contribution is -2.33. The molecule has 1 rings (SSSR count). The zero-order valence-electron chi connectivity index (χ0n) is 9.66. The molecular weight excluding hydrogens is 290 g/mol. The summed E-state index contributed by atoms with van der Waals surface area (Å²) in [4.78, 5) is 22.1. The quantitative estimate of drug-likeness (QED) is 0.661. The van der Waals surface area contributed by atoms with Crippen LogP contribution in [-0.2, 0) is 16.0 Å². The van der Waals surface area contributed by atoms with Crippen molar-refractivity contribution in [1.29, 1.82) is 0 Å². The molecule has 1 aromatic heterocycles. The van der Waals surface area contributed by atoms with Gasteiger partial charge < -0.3 is 14.5 Å². The van der Waals surface area contributed by atoms with Gasteiger partial charge in [0.2, 0.25) is 0 Å². The molecule has 94 valence electrons. The zero-order valence-corrected chi connectivity index (χ0v) is 11.2. The molecule has 17 heavy (non-hydrogen) atoms. The van der Waals surface area contributed by atoms with Crippen LogP contribution in [0.3, 0.4) is 0 Å². The maximum atomic E-state index is 11.6. The minimum Gasteiger partial charge on any atom is -0.468 e. The Kier molecular flexibility index (Phi) is 5.21. The molecule has 0 aliphatic heterocycles. The maximum absolute atomic E-state index is 11.6. The van der Waals surface area contributed by atoms with Gasteiger partial charge in [-0.15, -0.1) is 0 Å². The summed E-state index contributed by atoms with van der Waals surface area (Å²) in [7, 11) is 1.29. The first-order valence-corrected chi connectivity index (χ1v) is 6.08.